The number of carbonyl (C=O) groups excluding carboxylic acids is 1. The molecule has 0 fully saturated rings. The van der Waals surface area contributed by atoms with Gasteiger partial charge in [0.25, 0.3) is 11.8 Å². The van der Waals surface area contributed by atoms with Crippen LogP contribution in [0.3, 0.4) is 0 Å². The van der Waals surface area contributed by atoms with Crippen LogP contribution in [0.1, 0.15) is 29.0 Å². The van der Waals surface area contributed by atoms with Crippen molar-refractivity contribution in [1.82, 2.24) is 30.3 Å². The summed E-state index contributed by atoms with van der Waals surface area (Å²) in [6.07, 6.45) is 3.34. The fourth-order valence-corrected chi connectivity index (χ4v) is 4.59. The number of benzene rings is 1. The van der Waals surface area contributed by atoms with Gasteiger partial charge in [-0.1, -0.05) is 0 Å². The molecule has 0 saturated carbocycles. The van der Waals surface area contributed by atoms with Crippen LogP contribution >= 0.6 is 7.82 Å². The summed E-state index contributed by atoms with van der Waals surface area (Å²) in [6.45, 7) is 1.61. The molecule has 0 aliphatic heterocycles. The van der Waals surface area contributed by atoms with Crippen LogP contribution in [-0.4, -0.2) is 109 Å². The number of nitrogen functional groups attached to an aromatic ring is 1. The van der Waals surface area contributed by atoms with E-state index in [2.05, 4.69) is 30.4 Å². The lowest BCUT2D eigenvalue weighted by atomic mass is 10.1. The number of hydroxylamine groups is 1. The zero-order chi connectivity index (χ0) is 35.4. The van der Waals surface area contributed by atoms with Crippen molar-refractivity contribution in [2.24, 2.45) is 0 Å². The smallest absolute Gasteiger partial charge is 0.489 e. The third kappa shape index (κ3) is 10.4. The molecule has 0 aliphatic rings. The topological polar surface area (TPSA) is 308 Å². The zero-order valence-corrected chi connectivity index (χ0v) is 26.7. The average Bonchev–Trinajstić information content (AvgIpc) is 3.62. The first-order chi connectivity index (χ1) is 23.5. The second kappa shape index (κ2) is 17.6. The van der Waals surface area contributed by atoms with Gasteiger partial charge in [-0.05, 0) is 25.0 Å². The number of hydrogen-bond acceptors (Lipinski definition) is 18. The minimum Gasteiger partial charge on any atom is -0.504 e. The van der Waals surface area contributed by atoms with Gasteiger partial charge in [-0.25, -0.2) is 24.1 Å². The van der Waals surface area contributed by atoms with E-state index >= 15 is 0 Å². The minimum atomic E-state index is -4.63. The molecule has 0 bridgehead atoms. The van der Waals surface area contributed by atoms with Crippen molar-refractivity contribution in [2.45, 2.75) is 19.4 Å². The molecule has 1 atom stereocenters. The van der Waals surface area contributed by atoms with Gasteiger partial charge in [-0.3, -0.25) is 9.32 Å². The number of imidazole rings is 1. The molecule has 0 radical (unpaired) electrons. The number of aromatic nitrogens is 4. The number of phenolic OH excluding ortho intramolecular Hbond substituents is 3. The van der Waals surface area contributed by atoms with Gasteiger partial charge in [0.05, 0.1) is 26.4 Å². The number of nitrogens with zero attached hydrogens (tertiary/aromatic N) is 4. The van der Waals surface area contributed by atoms with E-state index in [1.807, 2.05) is 0 Å². The SMILES string of the molecule is Nc1ncnc2c1ncn2-c1oc(COP(=O)(O)ONCCCOCCOCCOCCCNC(=O)c2cc(O)c(O)c(O)c2)c(O)c1O. The van der Waals surface area contributed by atoms with Gasteiger partial charge in [0.2, 0.25) is 11.5 Å². The summed E-state index contributed by atoms with van der Waals surface area (Å²) in [5.74, 6) is -4.38. The highest BCUT2D eigenvalue weighted by Crippen LogP contribution is 2.46. The lowest BCUT2D eigenvalue weighted by molar-refractivity contribution is 0.0123. The number of phosphoric ester groups is 1. The second-order valence-electron chi connectivity index (χ2n) is 9.96. The van der Waals surface area contributed by atoms with Crippen LogP contribution in [0.15, 0.2) is 29.2 Å². The highest BCUT2D eigenvalue weighted by Gasteiger charge is 2.27. The molecule has 4 aromatic rings. The van der Waals surface area contributed by atoms with Gasteiger partial charge < -0.3 is 60.1 Å². The number of furan rings is 1. The first kappa shape index (κ1) is 37.1. The normalized spacial score (nSPS) is 12.8. The second-order valence-corrected chi connectivity index (χ2v) is 11.3. The van der Waals surface area contributed by atoms with E-state index in [-0.39, 0.29) is 40.7 Å². The summed E-state index contributed by atoms with van der Waals surface area (Å²) in [5, 5.41) is 51.4. The molecule has 4 rings (SSSR count). The number of nitrogens with one attached hydrogen (secondary N) is 2. The molecule has 0 saturated heterocycles. The molecule has 1 amide bonds. The largest absolute Gasteiger partial charge is 0.504 e. The molecule has 0 spiro atoms. The number of fused-ring (bicyclic) bond motifs is 1. The maximum atomic E-state index is 12.2. The van der Waals surface area contributed by atoms with Gasteiger partial charge in [0, 0.05) is 31.9 Å². The van der Waals surface area contributed by atoms with E-state index in [9.17, 15) is 39.8 Å². The Balaban J connectivity index is 0.989. The number of anilines is 1. The molecule has 21 nitrogen and oxygen atoms in total. The fourth-order valence-electron chi connectivity index (χ4n) is 4.00. The quantitative estimate of drug-likeness (QED) is 0.0251. The van der Waals surface area contributed by atoms with Crippen LogP contribution in [0.25, 0.3) is 17.0 Å². The Labute approximate surface area is 277 Å². The summed E-state index contributed by atoms with van der Waals surface area (Å²) < 4.78 is 44.6. The molecule has 1 unspecified atom stereocenters. The molecule has 0 aliphatic carbocycles. The fraction of sp³-hybridized carbons (Fsp3) is 0.407. The number of hydrogen-bond donors (Lipinski definition) is 9. The Morgan fingerprint density at radius 1 is 0.878 bits per heavy atom. The lowest BCUT2D eigenvalue weighted by Gasteiger charge is -2.12. The van der Waals surface area contributed by atoms with E-state index in [0.29, 0.717) is 59.0 Å². The number of amides is 1. The summed E-state index contributed by atoms with van der Waals surface area (Å²) in [6, 6.07) is 2.09. The van der Waals surface area contributed by atoms with Crippen LogP contribution in [0.2, 0.25) is 0 Å². The Morgan fingerprint density at radius 3 is 2.18 bits per heavy atom. The molecule has 10 N–H and O–H groups in total. The van der Waals surface area contributed by atoms with Crippen molar-refractivity contribution in [3.63, 3.8) is 0 Å². The van der Waals surface area contributed by atoms with Crippen molar-refractivity contribution in [3.05, 3.63) is 36.1 Å². The Hall–Kier alpha value is -4.73. The maximum absolute atomic E-state index is 12.2. The average molecular weight is 714 g/mol. The van der Waals surface area contributed by atoms with E-state index < -0.39 is 49.1 Å². The van der Waals surface area contributed by atoms with Crippen LogP contribution in [0, 0.1) is 0 Å². The summed E-state index contributed by atoms with van der Waals surface area (Å²) in [5.41, 5.74) is 8.47. The maximum Gasteiger partial charge on any atom is 0.489 e. The van der Waals surface area contributed by atoms with Crippen molar-refractivity contribution in [3.8, 4) is 34.6 Å². The van der Waals surface area contributed by atoms with E-state index in [0.717, 1.165) is 12.1 Å². The Bertz CT molecular complexity index is 1730. The minimum absolute atomic E-state index is 0.00245. The molecule has 22 heteroatoms. The number of rotatable bonds is 21. The Kier molecular flexibility index (Phi) is 13.3. The van der Waals surface area contributed by atoms with Crippen molar-refractivity contribution >= 4 is 30.7 Å². The number of aromatic hydroxyl groups is 5. The molecular weight excluding hydrogens is 677 g/mol. The van der Waals surface area contributed by atoms with Gasteiger partial charge in [-0.2, -0.15) is 10.1 Å². The highest BCUT2D eigenvalue weighted by atomic mass is 31.2. The van der Waals surface area contributed by atoms with Gasteiger partial charge >= 0.3 is 7.82 Å². The highest BCUT2D eigenvalue weighted by molar-refractivity contribution is 7.47. The third-order valence-electron chi connectivity index (χ3n) is 6.42. The summed E-state index contributed by atoms with van der Waals surface area (Å²) in [4.78, 5) is 33.8. The zero-order valence-electron chi connectivity index (χ0n) is 25.9. The van der Waals surface area contributed by atoms with Gasteiger partial charge in [0.15, 0.2) is 40.0 Å². The monoisotopic (exact) mass is 713 g/mol. The van der Waals surface area contributed by atoms with Gasteiger partial charge in [0.1, 0.15) is 19.3 Å². The van der Waals surface area contributed by atoms with Crippen LogP contribution < -0.4 is 16.5 Å². The first-order valence-electron chi connectivity index (χ1n) is 14.6. The predicted octanol–water partition coefficient (Wildman–Crippen LogP) is 0.917. The first-order valence-corrected chi connectivity index (χ1v) is 16.1. The third-order valence-corrected chi connectivity index (χ3v) is 7.24. The van der Waals surface area contributed by atoms with Crippen molar-refractivity contribution in [1.29, 1.82) is 0 Å². The number of phenols is 3. The van der Waals surface area contributed by atoms with Gasteiger partial charge in [-0.15, -0.1) is 0 Å². The van der Waals surface area contributed by atoms with E-state index in [4.69, 9.17) is 28.9 Å². The summed E-state index contributed by atoms with van der Waals surface area (Å²) >= 11 is 0. The lowest BCUT2D eigenvalue weighted by Crippen LogP contribution is -2.25. The van der Waals surface area contributed by atoms with Crippen LogP contribution in [0.4, 0.5) is 5.82 Å². The Morgan fingerprint density at radius 2 is 1.51 bits per heavy atom. The molecular formula is C27H36N7O14P. The van der Waals surface area contributed by atoms with Crippen molar-refractivity contribution in [2.75, 3.05) is 58.5 Å². The molecule has 3 heterocycles. The molecule has 49 heavy (non-hydrogen) atoms. The molecule has 1 aromatic carbocycles. The van der Waals surface area contributed by atoms with Crippen LogP contribution in [0.5, 0.6) is 28.7 Å². The number of nitrogens with two attached hydrogens (primary N) is 1. The standard InChI is InChI=1S/C27H36N7O14P/c28-24-20-25(31-14-30-24)34(15-32-20)27-23(39)22(38)19(47-27)13-46-49(41,42)48-33-4-2-6-44-8-10-45-9-7-43-5-1-3-29-26(40)16-11-17(35)21(37)18(36)12-16/h11-12,14-15,33,35-39H,1-10,13H2,(H,29,40)(H,41,42)(H2,28,30,31). The molecule has 3 aromatic heterocycles. The van der Waals surface area contributed by atoms with E-state index in [1.54, 1.807) is 0 Å². The predicted molar refractivity (Wildman–Crippen MR) is 166 cm³/mol. The summed E-state index contributed by atoms with van der Waals surface area (Å²) in [7, 11) is -4.63. The number of ether oxygens (including phenoxy) is 3. The van der Waals surface area contributed by atoms with E-state index in [1.165, 1.54) is 17.2 Å². The molecule has 268 valence electrons. The number of carbonyl (C=O) groups is 1. The number of phosphoric acid groups is 1. The van der Waals surface area contributed by atoms with Crippen LogP contribution in [-0.2, 0) is 34.5 Å². The van der Waals surface area contributed by atoms with Crippen molar-refractivity contribution < 1.29 is 67.6 Å².